The second kappa shape index (κ2) is 4.81. The molecule has 100 valence electrons. The van der Waals surface area contributed by atoms with E-state index in [2.05, 4.69) is 10.3 Å². The number of halogens is 1. The van der Waals surface area contributed by atoms with E-state index < -0.39 is 0 Å². The number of aromatic amines is 1. The Morgan fingerprint density at radius 3 is 2.70 bits per heavy atom. The Labute approximate surface area is 115 Å². The minimum absolute atomic E-state index is 0.288. The predicted octanol–water partition coefficient (Wildman–Crippen LogP) is 3.87. The van der Waals surface area contributed by atoms with Gasteiger partial charge >= 0.3 is 0 Å². The number of carbonyl (C=O) groups excluding carboxylic acids is 1. The molecule has 0 saturated carbocycles. The SMILES string of the molecule is Cc1ccc(NC(=O)c2cc3ccccc3[nH]2)cc1F. The maximum atomic E-state index is 13.4. The third kappa shape index (κ3) is 2.28. The Balaban J connectivity index is 1.86. The largest absolute Gasteiger partial charge is 0.351 e. The molecular weight excluding hydrogens is 255 g/mol. The summed E-state index contributed by atoms with van der Waals surface area (Å²) >= 11 is 0. The molecule has 0 atom stereocenters. The third-order valence-electron chi connectivity index (χ3n) is 3.20. The van der Waals surface area contributed by atoms with Gasteiger partial charge in [0.05, 0.1) is 0 Å². The molecule has 4 heteroatoms. The van der Waals surface area contributed by atoms with E-state index in [9.17, 15) is 9.18 Å². The summed E-state index contributed by atoms with van der Waals surface area (Å²) in [6.07, 6.45) is 0. The zero-order valence-electron chi connectivity index (χ0n) is 10.9. The van der Waals surface area contributed by atoms with Crippen molar-refractivity contribution < 1.29 is 9.18 Å². The fraction of sp³-hybridized carbons (Fsp3) is 0.0625. The summed E-state index contributed by atoms with van der Waals surface area (Å²) in [6.45, 7) is 1.68. The molecule has 0 aliphatic rings. The van der Waals surface area contributed by atoms with E-state index in [1.54, 1.807) is 25.1 Å². The van der Waals surface area contributed by atoms with E-state index in [1.807, 2.05) is 24.3 Å². The number of nitrogens with one attached hydrogen (secondary N) is 2. The summed E-state index contributed by atoms with van der Waals surface area (Å²) in [6, 6.07) is 14.0. The van der Waals surface area contributed by atoms with Crippen molar-refractivity contribution in [2.24, 2.45) is 0 Å². The monoisotopic (exact) mass is 268 g/mol. The molecule has 0 unspecified atom stereocenters. The topological polar surface area (TPSA) is 44.9 Å². The molecule has 0 saturated heterocycles. The maximum Gasteiger partial charge on any atom is 0.272 e. The van der Waals surface area contributed by atoms with Crippen LogP contribution >= 0.6 is 0 Å². The van der Waals surface area contributed by atoms with Crippen LogP contribution in [0.15, 0.2) is 48.5 Å². The van der Waals surface area contributed by atoms with Gasteiger partial charge in [-0.3, -0.25) is 4.79 Å². The molecule has 2 N–H and O–H groups in total. The van der Waals surface area contributed by atoms with Crippen LogP contribution in [0.5, 0.6) is 0 Å². The first-order chi connectivity index (χ1) is 9.63. The van der Waals surface area contributed by atoms with Gasteiger partial charge in [-0.15, -0.1) is 0 Å². The summed E-state index contributed by atoms with van der Waals surface area (Å²) in [5.74, 6) is -0.621. The van der Waals surface area contributed by atoms with Crippen molar-refractivity contribution in [1.82, 2.24) is 4.98 Å². The molecule has 0 radical (unpaired) electrons. The zero-order valence-corrected chi connectivity index (χ0v) is 10.9. The number of aromatic nitrogens is 1. The summed E-state index contributed by atoms with van der Waals surface area (Å²) in [5, 5.41) is 3.64. The Kier molecular flexibility index (Phi) is 2.99. The highest BCUT2D eigenvalue weighted by molar-refractivity contribution is 6.05. The van der Waals surface area contributed by atoms with Crippen LogP contribution in [0, 0.1) is 12.7 Å². The van der Waals surface area contributed by atoms with Gasteiger partial charge < -0.3 is 10.3 Å². The first kappa shape index (κ1) is 12.4. The molecule has 1 amide bonds. The number of rotatable bonds is 2. The van der Waals surface area contributed by atoms with Gasteiger partial charge in [-0.05, 0) is 36.8 Å². The van der Waals surface area contributed by atoms with Crippen molar-refractivity contribution in [1.29, 1.82) is 0 Å². The Morgan fingerprint density at radius 2 is 1.95 bits per heavy atom. The molecule has 3 rings (SSSR count). The van der Waals surface area contributed by atoms with Crippen molar-refractivity contribution in [2.75, 3.05) is 5.32 Å². The Bertz CT molecular complexity index is 759. The van der Waals surface area contributed by atoms with Crippen LogP contribution in [0.25, 0.3) is 10.9 Å². The lowest BCUT2D eigenvalue weighted by Gasteiger charge is -2.05. The standard InChI is InChI=1S/C16H13FN2O/c1-10-6-7-12(9-13(10)17)18-16(20)15-8-11-4-2-3-5-14(11)19-15/h2-9,19H,1H3,(H,18,20). The van der Waals surface area contributed by atoms with Gasteiger partial charge in [0, 0.05) is 16.6 Å². The van der Waals surface area contributed by atoms with Crippen molar-refractivity contribution in [3.8, 4) is 0 Å². The number of fused-ring (bicyclic) bond motifs is 1. The minimum atomic E-state index is -0.334. The first-order valence-corrected chi connectivity index (χ1v) is 6.29. The average molecular weight is 268 g/mol. The number of para-hydroxylation sites is 1. The van der Waals surface area contributed by atoms with E-state index in [4.69, 9.17) is 0 Å². The van der Waals surface area contributed by atoms with Gasteiger partial charge in [-0.2, -0.15) is 0 Å². The molecule has 3 nitrogen and oxygen atoms in total. The molecule has 1 heterocycles. The molecule has 0 spiro atoms. The lowest BCUT2D eigenvalue weighted by atomic mass is 10.2. The van der Waals surface area contributed by atoms with E-state index in [1.165, 1.54) is 6.07 Å². The van der Waals surface area contributed by atoms with Crippen molar-refractivity contribution in [2.45, 2.75) is 6.92 Å². The summed E-state index contributed by atoms with van der Waals surface area (Å²) in [4.78, 5) is 15.2. The minimum Gasteiger partial charge on any atom is -0.351 e. The quantitative estimate of drug-likeness (QED) is 0.728. The third-order valence-corrected chi connectivity index (χ3v) is 3.20. The number of carbonyl (C=O) groups is 1. The fourth-order valence-electron chi connectivity index (χ4n) is 2.06. The van der Waals surface area contributed by atoms with Gasteiger partial charge in [-0.25, -0.2) is 4.39 Å². The van der Waals surface area contributed by atoms with Crippen LogP contribution in [0.3, 0.4) is 0 Å². The van der Waals surface area contributed by atoms with Gasteiger partial charge in [0.15, 0.2) is 0 Å². The fourth-order valence-corrected chi connectivity index (χ4v) is 2.06. The number of H-pyrrole nitrogens is 1. The number of hydrogen-bond donors (Lipinski definition) is 2. The molecule has 1 aromatic heterocycles. The van der Waals surface area contributed by atoms with Crippen molar-refractivity contribution in [3.63, 3.8) is 0 Å². The van der Waals surface area contributed by atoms with Gasteiger partial charge in [-0.1, -0.05) is 24.3 Å². The second-order valence-corrected chi connectivity index (χ2v) is 4.69. The van der Waals surface area contributed by atoms with Crippen LogP contribution in [0.2, 0.25) is 0 Å². The number of amides is 1. The average Bonchev–Trinajstić information content (AvgIpc) is 2.87. The zero-order chi connectivity index (χ0) is 14.1. The summed E-state index contributed by atoms with van der Waals surface area (Å²) < 4.78 is 13.4. The van der Waals surface area contributed by atoms with Crippen LogP contribution in [-0.2, 0) is 0 Å². The lowest BCUT2D eigenvalue weighted by molar-refractivity contribution is 0.102. The molecule has 2 aromatic carbocycles. The van der Waals surface area contributed by atoms with Crippen molar-refractivity contribution in [3.05, 3.63) is 65.6 Å². The van der Waals surface area contributed by atoms with Gasteiger partial charge in [0.1, 0.15) is 11.5 Å². The number of anilines is 1. The molecule has 0 aliphatic carbocycles. The van der Waals surface area contributed by atoms with Crippen molar-refractivity contribution >= 4 is 22.5 Å². The van der Waals surface area contributed by atoms with E-state index >= 15 is 0 Å². The van der Waals surface area contributed by atoms with E-state index in [-0.39, 0.29) is 11.7 Å². The Hall–Kier alpha value is -2.62. The maximum absolute atomic E-state index is 13.4. The molecule has 0 bridgehead atoms. The van der Waals surface area contributed by atoms with Crippen LogP contribution < -0.4 is 5.32 Å². The van der Waals surface area contributed by atoms with Crippen LogP contribution in [0.1, 0.15) is 16.1 Å². The van der Waals surface area contributed by atoms with E-state index in [0.717, 1.165) is 10.9 Å². The predicted molar refractivity (Wildman–Crippen MR) is 77.4 cm³/mol. The highest BCUT2D eigenvalue weighted by Crippen LogP contribution is 2.17. The highest BCUT2D eigenvalue weighted by Gasteiger charge is 2.10. The van der Waals surface area contributed by atoms with Gasteiger partial charge in [0.2, 0.25) is 0 Å². The normalized spacial score (nSPS) is 10.7. The number of aryl methyl sites for hydroxylation is 1. The Morgan fingerprint density at radius 1 is 1.15 bits per heavy atom. The smallest absolute Gasteiger partial charge is 0.272 e. The molecular formula is C16H13FN2O. The van der Waals surface area contributed by atoms with Crippen LogP contribution in [-0.4, -0.2) is 10.9 Å². The molecule has 20 heavy (non-hydrogen) atoms. The highest BCUT2D eigenvalue weighted by atomic mass is 19.1. The number of benzene rings is 2. The first-order valence-electron chi connectivity index (χ1n) is 6.29. The van der Waals surface area contributed by atoms with E-state index in [0.29, 0.717) is 16.9 Å². The number of hydrogen-bond acceptors (Lipinski definition) is 1. The van der Waals surface area contributed by atoms with Gasteiger partial charge in [0.25, 0.3) is 5.91 Å². The van der Waals surface area contributed by atoms with Crippen LogP contribution in [0.4, 0.5) is 10.1 Å². The molecule has 0 aliphatic heterocycles. The second-order valence-electron chi connectivity index (χ2n) is 4.69. The lowest BCUT2D eigenvalue weighted by Crippen LogP contribution is -2.12. The summed E-state index contributed by atoms with van der Waals surface area (Å²) in [7, 11) is 0. The molecule has 3 aromatic rings. The molecule has 0 fully saturated rings. The summed E-state index contributed by atoms with van der Waals surface area (Å²) in [5.41, 5.74) is 2.34.